The van der Waals surface area contributed by atoms with Crippen molar-refractivity contribution in [2.75, 3.05) is 11.9 Å². The minimum Gasteiger partial charge on any atom is -0.379 e. The zero-order chi connectivity index (χ0) is 16.2. The molecule has 0 heterocycles. The highest BCUT2D eigenvalue weighted by molar-refractivity contribution is 5.65. The largest absolute Gasteiger partial charge is 0.379 e. The first kappa shape index (κ1) is 15.5. The summed E-state index contributed by atoms with van der Waals surface area (Å²) in [5, 5.41) is 14.6. The molecule has 4 nitrogen and oxygen atoms in total. The van der Waals surface area contributed by atoms with Crippen LogP contribution in [0, 0.1) is 17.0 Å². The molecule has 0 radical (unpaired) electrons. The number of nitrogens with one attached hydrogen (secondary N) is 1. The molecule has 2 aromatic rings. The number of hydrogen-bond acceptors (Lipinski definition) is 3. The predicted molar refractivity (Wildman–Crippen MR) is 93.1 cm³/mol. The number of benzene rings is 2. The van der Waals surface area contributed by atoms with Gasteiger partial charge >= 0.3 is 0 Å². The summed E-state index contributed by atoms with van der Waals surface area (Å²) in [7, 11) is 0. The van der Waals surface area contributed by atoms with E-state index in [-0.39, 0.29) is 10.6 Å². The standard InChI is InChI=1S/C19H22N2O2/c1-14-12-19(21(22)23)18(13-17(14)16-9-10-16)20-11-5-8-15-6-3-2-4-7-15/h2-4,6-7,12-13,16,20H,5,8-11H2,1H3. The van der Waals surface area contributed by atoms with Gasteiger partial charge in [-0.1, -0.05) is 30.3 Å². The molecule has 0 saturated heterocycles. The minimum absolute atomic E-state index is 0.187. The lowest BCUT2D eigenvalue weighted by molar-refractivity contribution is -0.384. The Hall–Kier alpha value is -2.36. The minimum atomic E-state index is -0.288. The van der Waals surface area contributed by atoms with Crippen LogP contribution in [0.5, 0.6) is 0 Å². The van der Waals surface area contributed by atoms with E-state index in [1.807, 2.05) is 31.2 Å². The van der Waals surface area contributed by atoms with Gasteiger partial charge in [0.25, 0.3) is 5.69 Å². The van der Waals surface area contributed by atoms with Crippen LogP contribution < -0.4 is 5.32 Å². The van der Waals surface area contributed by atoms with Crippen molar-refractivity contribution in [2.24, 2.45) is 0 Å². The Kier molecular flexibility index (Phi) is 4.60. The molecule has 1 aliphatic rings. The smallest absolute Gasteiger partial charge is 0.292 e. The van der Waals surface area contributed by atoms with Crippen LogP contribution in [0.25, 0.3) is 0 Å². The SMILES string of the molecule is Cc1cc([N+](=O)[O-])c(NCCCc2ccccc2)cc1C1CC1. The summed E-state index contributed by atoms with van der Waals surface area (Å²) in [6, 6.07) is 14.0. The molecule has 2 aromatic carbocycles. The first-order chi connectivity index (χ1) is 11.1. The molecular weight excluding hydrogens is 288 g/mol. The second kappa shape index (κ2) is 6.82. The maximum absolute atomic E-state index is 11.3. The van der Waals surface area contributed by atoms with Crippen molar-refractivity contribution in [3.8, 4) is 0 Å². The molecule has 0 amide bonds. The van der Waals surface area contributed by atoms with Crippen LogP contribution in [-0.2, 0) is 6.42 Å². The topological polar surface area (TPSA) is 55.2 Å². The van der Waals surface area contributed by atoms with Crippen LogP contribution in [0.2, 0.25) is 0 Å². The first-order valence-corrected chi connectivity index (χ1v) is 8.22. The highest BCUT2D eigenvalue weighted by Crippen LogP contribution is 2.44. The number of nitrogens with zero attached hydrogens (tertiary/aromatic N) is 1. The highest BCUT2D eigenvalue weighted by Gasteiger charge is 2.27. The molecule has 120 valence electrons. The van der Waals surface area contributed by atoms with Crippen molar-refractivity contribution >= 4 is 11.4 Å². The number of nitro groups is 1. The van der Waals surface area contributed by atoms with Crippen molar-refractivity contribution in [1.29, 1.82) is 0 Å². The third kappa shape index (κ3) is 3.89. The lowest BCUT2D eigenvalue weighted by atomic mass is 10.0. The summed E-state index contributed by atoms with van der Waals surface area (Å²) in [4.78, 5) is 11.0. The Bertz CT molecular complexity index is 694. The van der Waals surface area contributed by atoms with E-state index in [2.05, 4.69) is 17.4 Å². The van der Waals surface area contributed by atoms with Gasteiger partial charge in [-0.05, 0) is 61.3 Å². The Morgan fingerprint density at radius 2 is 1.96 bits per heavy atom. The van der Waals surface area contributed by atoms with Gasteiger partial charge in [0.15, 0.2) is 0 Å². The summed E-state index contributed by atoms with van der Waals surface area (Å²) in [5.74, 6) is 0.598. The third-order valence-corrected chi connectivity index (χ3v) is 4.40. The normalized spacial score (nSPS) is 13.8. The third-order valence-electron chi connectivity index (χ3n) is 4.40. The van der Waals surface area contributed by atoms with E-state index in [0.717, 1.165) is 24.9 Å². The van der Waals surface area contributed by atoms with Crippen LogP contribution in [0.15, 0.2) is 42.5 Å². The van der Waals surface area contributed by atoms with Gasteiger partial charge in [-0.25, -0.2) is 0 Å². The molecule has 3 rings (SSSR count). The van der Waals surface area contributed by atoms with Crippen LogP contribution >= 0.6 is 0 Å². The van der Waals surface area contributed by atoms with Crippen LogP contribution in [0.1, 0.15) is 41.9 Å². The van der Waals surface area contributed by atoms with Crippen molar-refractivity contribution in [3.63, 3.8) is 0 Å². The maximum Gasteiger partial charge on any atom is 0.292 e. The van der Waals surface area contributed by atoms with Gasteiger partial charge in [-0.3, -0.25) is 10.1 Å². The molecule has 23 heavy (non-hydrogen) atoms. The number of aryl methyl sites for hydroxylation is 2. The van der Waals surface area contributed by atoms with Gasteiger partial charge in [0, 0.05) is 12.6 Å². The first-order valence-electron chi connectivity index (χ1n) is 8.22. The predicted octanol–water partition coefficient (Wildman–Crippen LogP) is 4.83. The van der Waals surface area contributed by atoms with Crippen LogP contribution in [-0.4, -0.2) is 11.5 Å². The van der Waals surface area contributed by atoms with E-state index in [1.165, 1.54) is 24.0 Å². The van der Waals surface area contributed by atoms with E-state index in [9.17, 15) is 10.1 Å². The molecular formula is C19H22N2O2. The molecule has 0 atom stereocenters. The van der Waals surface area contributed by atoms with E-state index >= 15 is 0 Å². The van der Waals surface area contributed by atoms with Crippen molar-refractivity contribution < 1.29 is 4.92 Å². The fraction of sp³-hybridized carbons (Fsp3) is 0.368. The Balaban J connectivity index is 1.66. The van der Waals surface area contributed by atoms with Gasteiger partial charge in [0.05, 0.1) is 4.92 Å². The average Bonchev–Trinajstić information content (AvgIpc) is 3.38. The molecule has 0 bridgehead atoms. The molecule has 0 unspecified atom stereocenters. The lowest BCUT2D eigenvalue weighted by Gasteiger charge is -2.11. The summed E-state index contributed by atoms with van der Waals surface area (Å²) >= 11 is 0. The van der Waals surface area contributed by atoms with E-state index in [1.54, 1.807) is 6.07 Å². The molecule has 0 aliphatic heterocycles. The van der Waals surface area contributed by atoms with E-state index in [4.69, 9.17) is 0 Å². The summed E-state index contributed by atoms with van der Waals surface area (Å²) in [6.45, 7) is 2.71. The van der Waals surface area contributed by atoms with Gasteiger partial charge in [0.2, 0.25) is 0 Å². The van der Waals surface area contributed by atoms with Crippen molar-refractivity contribution in [2.45, 2.75) is 38.5 Å². The molecule has 0 aromatic heterocycles. The lowest BCUT2D eigenvalue weighted by Crippen LogP contribution is -2.06. The van der Waals surface area contributed by atoms with Crippen molar-refractivity contribution in [3.05, 3.63) is 69.3 Å². The zero-order valence-corrected chi connectivity index (χ0v) is 13.4. The Morgan fingerprint density at radius 1 is 1.22 bits per heavy atom. The van der Waals surface area contributed by atoms with Gasteiger partial charge in [-0.15, -0.1) is 0 Å². The molecule has 1 fully saturated rings. The molecule has 1 aliphatic carbocycles. The molecule has 0 spiro atoms. The second-order valence-electron chi connectivity index (χ2n) is 6.27. The number of rotatable bonds is 7. The monoisotopic (exact) mass is 310 g/mol. The zero-order valence-electron chi connectivity index (χ0n) is 13.4. The Labute approximate surface area is 136 Å². The van der Waals surface area contributed by atoms with Gasteiger partial charge < -0.3 is 5.32 Å². The quantitative estimate of drug-likeness (QED) is 0.453. The van der Waals surface area contributed by atoms with E-state index < -0.39 is 0 Å². The fourth-order valence-electron chi connectivity index (χ4n) is 3.00. The summed E-state index contributed by atoms with van der Waals surface area (Å²) in [5.41, 5.74) is 4.45. The summed E-state index contributed by atoms with van der Waals surface area (Å²) < 4.78 is 0. The Morgan fingerprint density at radius 3 is 2.61 bits per heavy atom. The number of nitro benzene ring substituents is 1. The van der Waals surface area contributed by atoms with Crippen molar-refractivity contribution in [1.82, 2.24) is 0 Å². The van der Waals surface area contributed by atoms with Gasteiger partial charge in [-0.2, -0.15) is 0 Å². The molecule has 1 N–H and O–H groups in total. The average molecular weight is 310 g/mol. The van der Waals surface area contributed by atoms with Crippen LogP contribution in [0.3, 0.4) is 0 Å². The summed E-state index contributed by atoms with van der Waals surface area (Å²) in [6.07, 6.45) is 4.33. The van der Waals surface area contributed by atoms with E-state index in [0.29, 0.717) is 11.6 Å². The molecule has 4 heteroatoms. The number of anilines is 1. The number of hydrogen-bond donors (Lipinski definition) is 1. The molecule has 1 saturated carbocycles. The highest BCUT2D eigenvalue weighted by atomic mass is 16.6. The van der Waals surface area contributed by atoms with Gasteiger partial charge in [0.1, 0.15) is 5.69 Å². The van der Waals surface area contributed by atoms with Crippen LogP contribution in [0.4, 0.5) is 11.4 Å². The fourth-order valence-corrected chi connectivity index (χ4v) is 3.00. The maximum atomic E-state index is 11.3. The second-order valence-corrected chi connectivity index (χ2v) is 6.27.